The van der Waals surface area contributed by atoms with E-state index in [1.54, 1.807) is 6.21 Å². The number of hydrogen-bond acceptors (Lipinski definition) is 6. The zero-order chi connectivity index (χ0) is 16.1. The monoisotopic (exact) mass is 314 g/mol. The zero-order valence-corrected chi connectivity index (χ0v) is 13.7. The minimum Gasteiger partial charge on any atom is -0.372 e. The van der Waals surface area contributed by atoms with E-state index in [-0.39, 0.29) is 0 Å². The Hall–Kier alpha value is -1.89. The summed E-state index contributed by atoms with van der Waals surface area (Å²) in [5.74, 6) is 0.0191. The second-order valence-electron chi connectivity index (χ2n) is 6.18. The van der Waals surface area contributed by atoms with E-state index in [0.29, 0.717) is 0 Å². The van der Waals surface area contributed by atoms with Crippen LogP contribution in [0.1, 0.15) is 17.5 Å². The molecule has 1 atom stereocenters. The van der Waals surface area contributed by atoms with Crippen molar-refractivity contribution in [2.45, 2.75) is 19.1 Å². The minimum atomic E-state index is -0.901. The maximum absolute atomic E-state index is 6.44. The second kappa shape index (κ2) is 7.12. The molecular formula is C17H26N6. The molecule has 2 aliphatic heterocycles. The first kappa shape index (κ1) is 16.0. The normalized spacial score (nSPS) is 24.3. The van der Waals surface area contributed by atoms with E-state index >= 15 is 0 Å². The first-order chi connectivity index (χ1) is 11.2. The molecule has 5 N–H and O–H groups in total. The number of nitrogens with two attached hydrogens (primary N) is 1. The summed E-state index contributed by atoms with van der Waals surface area (Å²) in [7, 11) is 0. The van der Waals surface area contributed by atoms with Crippen LogP contribution in [0.4, 0.5) is 0 Å². The number of benzene rings is 1. The lowest BCUT2D eigenvalue weighted by Crippen LogP contribution is -2.52. The fourth-order valence-corrected chi connectivity index (χ4v) is 2.91. The van der Waals surface area contributed by atoms with Gasteiger partial charge in [-0.2, -0.15) is 0 Å². The molecule has 0 aliphatic carbocycles. The van der Waals surface area contributed by atoms with E-state index in [1.807, 2.05) is 18.2 Å². The summed E-state index contributed by atoms with van der Waals surface area (Å²) in [6, 6.07) is 8.13. The molecule has 1 fully saturated rings. The fourth-order valence-electron chi connectivity index (χ4n) is 2.91. The molecule has 1 aromatic carbocycles. The molecule has 0 saturated carbocycles. The summed E-state index contributed by atoms with van der Waals surface area (Å²) < 4.78 is 0. The van der Waals surface area contributed by atoms with Crippen LogP contribution in [0, 0.1) is 6.92 Å². The van der Waals surface area contributed by atoms with Gasteiger partial charge in [-0.1, -0.05) is 29.8 Å². The van der Waals surface area contributed by atoms with Crippen molar-refractivity contribution in [3.8, 4) is 0 Å². The number of allylic oxidation sites excluding steroid dienone is 1. The number of nitrogens with zero attached hydrogens (tertiary/aromatic N) is 2. The molecule has 0 bridgehead atoms. The summed E-state index contributed by atoms with van der Waals surface area (Å²) in [5.41, 5.74) is 8.57. The van der Waals surface area contributed by atoms with Gasteiger partial charge in [0.15, 0.2) is 0 Å². The molecule has 6 heteroatoms. The van der Waals surface area contributed by atoms with E-state index in [4.69, 9.17) is 5.73 Å². The van der Waals surface area contributed by atoms with Crippen molar-refractivity contribution in [1.82, 2.24) is 20.9 Å². The second-order valence-corrected chi connectivity index (χ2v) is 6.18. The van der Waals surface area contributed by atoms with Crippen LogP contribution in [0.2, 0.25) is 0 Å². The summed E-state index contributed by atoms with van der Waals surface area (Å²) in [4.78, 5) is 6.85. The predicted octanol–water partition coefficient (Wildman–Crippen LogP) is 0.422. The first-order valence-corrected chi connectivity index (χ1v) is 8.22. The molecule has 0 spiro atoms. The van der Waals surface area contributed by atoms with Crippen molar-refractivity contribution >= 4 is 6.21 Å². The van der Waals surface area contributed by atoms with E-state index in [2.05, 4.69) is 44.9 Å². The molecule has 1 unspecified atom stereocenters. The SMILES string of the molecule is Cc1cccc(C2(N)N=CC=C(NCCCN3CCNC3)N2)c1. The van der Waals surface area contributed by atoms with Gasteiger partial charge in [0, 0.05) is 44.6 Å². The van der Waals surface area contributed by atoms with Crippen LogP contribution in [0.3, 0.4) is 0 Å². The maximum Gasteiger partial charge on any atom is 0.210 e. The topological polar surface area (TPSA) is 77.7 Å². The molecule has 1 saturated heterocycles. The Morgan fingerprint density at radius 3 is 3.13 bits per heavy atom. The summed E-state index contributed by atoms with van der Waals surface area (Å²) in [6.07, 6.45) is 4.80. The molecule has 6 nitrogen and oxygen atoms in total. The van der Waals surface area contributed by atoms with Crippen molar-refractivity contribution < 1.29 is 0 Å². The van der Waals surface area contributed by atoms with Gasteiger partial charge in [0.1, 0.15) is 5.82 Å². The van der Waals surface area contributed by atoms with E-state index < -0.39 is 5.79 Å². The van der Waals surface area contributed by atoms with E-state index in [0.717, 1.165) is 50.7 Å². The van der Waals surface area contributed by atoms with Gasteiger partial charge in [0.2, 0.25) is 5.79 Å². The highest BCUT2D eigenvalue weighted by Crippen LogP contribution is 2.20. The molecular weight excluding hydrogens is 288 g/mol. The molecule has 2 heterocycles. The Kier molecular flexibility index (Phi) is 4.95. The van der Waals surface area contributed by atoms with Gasteiger partial charge < -0.3 is 16.0 Å². The van der Waals surface area contributed by atoms with Crippen molar-refractivity contribution in [2.75, 3.05) is 32.8 Å². The number of rotatable bonds is 6. The van der Waals surface area contributed by atoms with Crippen molar-refractivity contribution in [3.63, 3.8) is 0 Å². The van der Waals surface area contributed by atoms with Gasteiger partial charge in [-0.3, -0.25) is 10.6 Å². The summed E-state index contributed by atoms with van der Waals surface area (Å²) in [5, 5.41) is 10.1. The average molecular weight is 314 g/mol. The number of hydrogen-bond donors (Lipinski definition) is 4. The maximum atomic E-state index is 6.44. The van der Waals surface area contributed by atoms with Crippen LogP contribution in [-0.4, -0.2) is 44.0 Å². The zero-order valence-electron chi connectivity index (χ0n) is 13.7. The lowest BCUT2D eigenvalue weighted by molar-refractivity contribution is 0.325. The Balaban J connectivity index is 1.51. The fraction of sp³-hybridized carbons (Fsp3) is 0.471. The predicted molar refractivity (Wildman–Crippen MR) is 93.8 cm³/mol. The largest absolute Gasteiger partial charge is 0.372 e. The molecule has 0 aromatic heterocycles. The number of aliphatic imine (C=N–C) groups is 1. The molecule has 1 aromatic rings. The van der Waals surface area contributed by atoms with Crippen LogP contribution in [0.25, 0.3) is 0 Å². The molecule has 3 rings (SSSR count). The van der Waals surface area contributed by atoms with Crippen LogP contribution < -0.4 is 21.7 Å². The molecule has 0 amide bonds. The van der Waals surface area contributed by atoms with Crippen LogP contribution in [-0.2, 0) is 5.79 Å². The smallest absolute Gasteiger partial charge is 0.210 e. The lowest BCUT2D eigenvalue weighted by Gasteiger charge is -2.32. The number of aryl methyl sites for hydroxylation is 1. The van der Waals surface area contributed by atoms with Crippen LogP contribution in [0.5, 0.6) is 0 Å². The van der Waals surface area contributed by atoms with Crippen molar-refractivity contribution in [3.05, 3.63) is 47.3 Å². The summed E-state index contributed by atoms with van der Waals surface area (Å²) in [6.45, 7) is 7.32. The van der Waals surface area contributed by atoms with Gasteiger partial charge in [0.05, 0.1) is 0 Å². The Morgan fingerprint density at radius 2 is 2.35 bits per heavy atom. The Morgan fingerprint density at radius 1 is 1.43 bits per heavy atom. The highest BCUT2D eigenvalue weighted by Gasteiger charge is 2.28. The molecule has 2 aliphatic rings. The highest BCUT2D eigenvalue weighted by molar-refractivity contribution is 5.73. The van der Waals surface area contributed by atoms with Crippen LogP contribution in [0.15, 0.2) is 41.2 Å². The standard InChI is InChI=1S/C17H26N6/c1-14-4-2-5-15(12-14)17(18)21-8-6-16(22-17)20-7-3-10-23-11-9-19-13-23/h2,4-6,8,12,19-20,22H,3,7,9-11,13,18H2,1H3. The van der Waals surface area contributed by atoms with Gasteiger partial charge in [0.25, 0.3) is 0 Å². The first-order valence-electron chi connectivity index (χ1n) is 8.22. The van der Waals surface area contributed by atoms with Crippen molar-refractivity contribution in [2.24, 2.45) is 10.7 Å². The van der Waals surface area contributed by atoms with Gasteiger partial charge in [-0.05, 0) is 19.4 Å². The third-order valence-corrected chi connectivity index (χ3v) is 4.21. The third-order valence-electron chi connectivity index (χ3n) is 4.21. The quantitative estimate of drug-likeness (QED) is 0.573. The number of nitrogens with one attached hydrogen (secondary N) is 3. The van der Waals surface area contributed by atoms with Crippen LogP contribution >= 0.6 is 0 Å². The minimum absolute atomic E-state index is 0.901. The molecule has 0 radical (unpaired) electrons. The van der Waals surface area contributed by atoms with Crippen molar-refractivity contribution in [1.29, 1.82) is 0 Å². The average Bonchev–Trinajstić information content (AvgIpc) is 3.05. The van der Waals surface area contributed by atoms with Gasteiger partial charge in [-0.15, -0.1) is 0 Å². The molecule has 124 valence electrons. The molecule has 23 heavy (non-hydrogen) atoms. The Labute approximate surface area is 137 Å². The van der Waals surface area contributed by atoms with E-state index in [1.165, 1.54) is 5.56 Å². The van der Waals surface area contributed by atoms with Gasteiger partial charge >= 0.3 is 0 Å². The third kappa shape index (κ3) is 4.10. The Bertz CT molecular complexity index is 591. The summed E-state index contributed by atoms with van der Waals surface area (Å²) >= 11 is 0. The van der Waals surface area contributed by atoms with E-state index in [9.17, 15) is 0 Å². The van der Waals surface area contributed by atoms with Gasteiger partial charge in [-0.25, -0.2) is 4.99 Å². The lowest BCUT2D eigenvalue weighted by atomic mass is 10.1. The highest BCUT2D eigenvalue weighted by atomic mass is 15.3.